The fourth-order valence-electron chi connectivity index (χ4n) is 1.87. The Labute approximate surface area is 144 Å². The lowest BCUT2D eigenvalue weighted by atomic mass is 10.5. The molecule has 0 fully saturated rings. The highest BCUT2D eigenvalue weighted by molar-refractivity contribution is 7.90. The lowest BCUT2D eigenvalue weighted by Crippen LogP contribution is -2.42. The molecule has 136 valence electrons. The van der Waals surface area contributed by atoms with E-state index < -0.39 is 16.2 Å². The smallest absolute Gasteiger partial charge is 0.338 e. The van der Waals surface area contributed by atoms with Gasteiger partial charge in [-0.25, -0.2) is 14.3 Å². The van der Waals surface area contributed by atoms with Crippen LogP contribution in [0.5, 0.6) is 11.8 Å². The van der Waals surface area contributed by atoms with Crippen LogP contribution in [0, 0.1) is 13.8 Å². The lowest BCUT2D eigenvalue weighted by Gasteiger charge is -2.14. The number of nitrogens with one attached hydrogen (secondary N) is 3. The number of amides is 2. The van der Waals surface area contributed by atoms with E-state index in [-0.39, 0.29) is 17.7 Å². The SMILES string of the molecule is COc1cc(OC)nc(NC(=O)NS(=O)(=O)Nn2c(C)ccc2C)n1. The summed E-state index contributed by atoms with van der Waals surface area (Å²) in [5, 5.41) is 2.20. The molecule has 0 aromatic carbocycles. The Balaban J connectivity index is 2.09. The zero-order valence-electron chi connectivity index (χ0n) is 14.0. The molecule has 3 N–H and O–H groups in total. The molecule has 0 aliphatic rings. The number of urea groups is 1. The largest absolute Gasteiger partial charge is 0.481 e. The van der Waals surface area contributed by atoms with Crippen LogP contribution in [0.3, 0.4) is 0 Å². The van der Waals surface area contributed by atoms with E-state index in [4.69, 9.17) is 9.47 Å². The van der Waals surface area contributed by atoms with Gasteiger partial charge in [0.15, 0.2) is 0 Å². The highest BCUT2D eigenvalue weighted by atomic mass is 32.2. The van der Waals surface area contributed by atoms with Gasteiger partial charge in [0.2, 0.25) is 17.7 Å². The molecule has 0 radical (unpaired) electrons. The minimum absolute atomic E-state index is 0.140. The average molecular weight is 370 g/mol. The van der Waals surface area contributed by atoms with Gasteiger partial charge in [-0.2, -0.15) is 18.4 Å². The molecule has 0 aliphatic heterocycles. The zero-order chi connectivity index (χ0) is 18.6. The first kappa shape index (κ1) is 18.3. The van der Waals surface area contributed by atoms with Crippen molar-refractivity contribution in [1.82, 2.24) is 19.4 Å². The van der Waals surface area contributed by atoms with Gasteiger partial charge >= 0.3 is 16.2 Å². The Bertz CT molecular complexity index is 837. The molecule has 0 spiro atoms. The van der Waals surface area contributed by atoms with Crippen LogP contribution < -0.4 is 24.3 Å². The van der Waals surface area contributed by atoms with E-state index in [1.165, 1.54) is 25.0 Å². The summed E-state index contributed by atoms with van der Waals surface area (Å²) in [5.74, 6) is 0.0978. The molecule has 11 nitrogen and oxygen atoms in total. The van der Waals surface area contributed by atoms with Crippen LogP contribution in [0.15, 0.2) is 18.2 Å². The van der Waals surface area contributed by atoms with Crippen LogP contribution in [0.1, 0.15) is 11.4 Å². The van der Waals surface area contributed by atoms with Crippen LogP contribution in [0.4, 0.5) is 10.7 Å². The van der Waals surface area contributed by atoms with E-state index in [1.54, 1.807) is 30.7 Å². The van der Waals surface area contributed by atoms with Gasteiger partial charge < -0.3 is 9.47 Å². The van der Waals surface area contributed by atoms with Gasteiger partial charge in [-0.05, 0) is 26.0 Å². The number of anilines is 1. The van der Waals surface area contributed by atoms with Crippen molar-refractivity contribution in [2.45, 2.75) is 13.8 Å². The average Bonchev–Trinajstić information content (AvgIpc) is 2.85. The van der Waals surface area contributed by atoms with E-state index in [1.807, 2.05) is 0 Å². The van der Waals surface area contributed by atoms with Crippen LogP contribution in [0.25, 0.3) is 0 Å². The number of hydrogen-bond acceptors (Lipinski definition) is 7. The van der Waals surface area contributed by atoms with Gasteiger partial charge in [-0.15, -0.1) is 0 Å². The van der Waals surface area contributed by atoms with Crippen LogP contribution >= 0.6 is 0 Å². The molecule has 2 heterocycles. The molecule has 0 saturated heterocycles. The van der Waals surface area contributed by atoms with Crippen molar-refractivity contribution in [1.29, 1.82) is 0 Å². The van der Waals surface area contributed by atoms with Gasteiger partial charge in [-0.1, -0.05) is 0 Å². The molecule has 12 heteroatoms. The van der Waals surface area contributed by atoms with Crippen molar-refractivity contribution in [2.75, 3.05) is 24.4 Å². The molecule has 0 unspecified atom stereocenters. The summed E-state index contributed by atoms with van der Waals surface area (Å²) in [4.78, 5) is 21.9. The summed E-state index contributed by atoms with van der Waals surface area (Å²) in [7, 11) is -1.41. The van der Waals surface area contributed by atoms with Crippen LogP contribution in [-0.4, -0.2) is 43.3 Å². The van der Waals surface area contributed by atoms with Crippen LogP contribution in [0.2, 0.25) is 0 Å². The molecule has 2 aromatic heterocycles. The second-order valence-corrected chi connectivity index (χ2v) is 6.27. The molecule has 2 rings (SSSR count). The third-order valence-corrected chi connectivity index (χ3v) is 3.91. The Hall–Kier alpha value is -3.02. The topological polar surface area (TPSA) is 136 Å². The molecule has 0 atom stereocenters. The highest BCUT2D eigenvalue weighted by Crippen LogP contribution is 2.17. The third-order valence-electron chi connectivity index (χ3n) is 3.03. The van der Waals surface area contributed by atoms with Gasteiger partial charge in [0.1, 0.15) is 0 Å². The number of nitrogens with zero attached hydrogens (tertiary/aromatic N) is 3. The number of ether oxygens (including phenoxy) is 2. The second-order valence-electron chi connectivity index (χ2n) is 4.88. The first-order chi connectivity index (χ1) is 11.7. The molecule has 0 aliphatic carbocycles. The molecule has 2 amide bonds. The second kappa shape index (κ2) is 7.25. The zero-order valence-corrected chi connectivity index (χ0v) is 14.8. The minimum atomic E-state index is -4.17. The maximum Gasteiger partial charge on any atom is 0.338 e. The maximum absolute atomic E-state index is 12.1. The maximum atomic E-state index is 12.1. The fourth-order valence-corrected chi connectivity index (χ4v) is 2.74. The van der Waals surface area contributed by atoms with E-state index in [9.17, 15) is 13.2 Å². The summed E-state index contributed by atoms with van der Waals surface area (Å²) in [5.41, 5.74) is 1.31. The standard InChI is InChI=1S/C13H18N6O5S/c1-8-5-6-9(2)19(8)18-25(21,22)17-13(20)16-12-14-10(23-3)7-11(15-12)24-4/h5-7,18H,1-4H3,(H2,14,15,16,17,20). The van der Waals surface area contributed by atoms with Crippen molar-refractivity contribution in [3.63, 3.8) is 0 Å². The third kappa shape index (κ3) is 4.73. The lowest BCUT2D eigenvalue weighted by molar-refractivity contribution is 0.256. The number of methoxy groups -OCH3 is 2. The van der Waals surface area contributed by atoms with E-state index in [2.05, 4.69) is 20.1 Å². The Morgan fingerprint density at radius 1 is 1.08 bits per heavy atom. The number of carbonyl (C=O) groups excluding carboxylic acids is 1. The molecule has 2 aromatic rings. The van der Waals surface area contributed by atoms with Crippen molar-refractivity contribution in [3.8, 4) is 11.8 Å². The number of aromatic nitrogens is 3. The van der Waals surface area contributed by atoms with E-state index in [0.29, 0.717) is 11.4 Å². The summed E-state index contributed by atoms with van der Waals surface area (Å²) < 4.78 is 37.1. The Morgan fingerprint density at radius 3 is 2.08 bits per heavy atom. The van der Waals surface area contributed by atoms with E-state index in [0.717, 1.165) is 0 Å². The Kier molecular flexibility index (Phi) is 5.32. The van der Waals surface area contributed by atoms with Gasteiger partial charge in [0.25, 0.3) is 0 Å². The Morgan fingerprint density at radius 2 is 1.60 bits per heavy atom. The molecular weight excluding hydrogens is 352 g/mol. The summed E-state index contributed by atoms with van der Waals surface area (Å²) in [6.45, 7) is 3.43. The normalized spacial score (nSPS) is 10.9. The number of aryl methyl sites for hydroxylation is 2. The quantitative estimate of drug-likeness (QED) is 0.674. The molecule has 0 saturated carbocycles. The summed E-state index contributed by atoms with van der Waals surface area (Å²) in [6.07, 6.45) is 0. The van der Waals surface area contributed by atoms with Crippen molar-refractivity contribution < 1.29 is 22.7 Å². The van der Waals surface area contributed by atoms with Crippen molar-refractivity contribution in [2.24, 2.45) is 0 Å². The highest BCUT2D eigenvalue weighted by Gasteiger charge is 2.17. The first-order valence-electron chi connectivity index (χ1n) is 6.97. The van der Waals surface area contributed by atoms with E-state index >= 15 is 0 Å². The summed E-state index contributed by atoms with van der Waals surface area (Å²) in [6, 6.07) is 3.81. The molecule has 25 heavy (non-hydrogen) atoms. The van der Waals surface area contributed by atoms with Crippen LogP contribution in [-0.2, 0) is 10.2 Å². The number of rotatable bonds is 6. The monoisotopic (exact) mass is 370 g/mol. The van der Waals surface area contributed by atoms with Crippen molar-refractivity contribution >= 4 is 22.2 Å². The minimum Gasteiger partial charge on any atom is -0.481 e. The van der Waals surface area contributed by atoms with Gasteiger partial charge in [0, 0.05) is 11.4 Å². The number of carbonyl (C=O) groups is 1. The van der Waals surface area contributed by atoms with Gasteiger partial charge in [-0.3, -0.25) is 9.99 Å². The summed E-state index contributed by atoms with van der Waals surface area (Å²) >= 11 is 0. The fraction of sp³-hybridized carbons (Fsp3) is 0.308. The predicted octanol–water partition coefficient (Wildman–Crippen LogP) is 0.522. The van der Waals surface area contributed by atoms with Crippen molar-refractivity contribution in [3.05, 3.63) is 29.6 Å². The number of hydrogen-bond donors (Lipinski definition) is 3. The predicted molar refractivity (Wildman–Crippen MR) is 89.5 cm³/mol. The van der Waals surface area contributed by atoms with Gasteiger partial charge in [0.05, 0.1) is 20.3 Å². The molecular formula is C13H18N6O5S. The molecule has 0 bridgehead atoms. The first-order valence-corrected chi connectivity index (χ1v) is 8.46.